The van der Waals surface area contributed by atoms with Gasteiger partial charge >= 0.3 is 17.9 Å². The molecule has 0 bridgehead atoms. The average molecular weight is 899 g/mol. The summed E-state index contributed by atoms with van der Waals surface area (Å²) in [4.78, 5) is 38.0. The first kappa shape index (κ1) is 60.8. The first-order valence-corrected chi connectivity index (χ1v) is 26.0. The van der Waals surface area contributed by atoms with Gasteiger partial charge in [0.05, 0.1) is 0 Å². The van der Waals surface area contributed by atoms with Crippen molar-refractivity contribution in [3.05, 3.63) is 122 Å². The van der Waals surface area contributed by atoms with Gasteiger partial charge in [0.1, 0.15) is 13.2 Å². The summed E-state index contributed by atoms with van der Waals surface area (Å²) in [6, 6.07) is 0. The Balaban J connectivity index is 4.60. The number of unbranched alkanes of at least 4 members (excludes halogenated alkanes) is 14. The van der Waals surface area contributed by atoms with E-state index in [1.165, 1.54) is 64.2 Å². The van der Waals surface area contributed by atoms with E-state index in [4.69, 9.17) is 14.2 Å². The second-order valence-electron chi connectivity index (χ2n) is 16.7. The van der Waals surface area contributed by atoms with Crippen molar-refractivity contribution in [2.24, 2.45) is 0 Å². The van der Waals surface area contributed by atoms with Gasteiger partial charge in [0.25, 0.3) is 0 Å². The molecular weight excluding hydrogens is 805 g/mol. The van der Waals surface area contributed by atoms with Crippen LogP contribution in [0.15, 0.2) is 122 Å². The summed E-state index contributed by atoms with van der Waals surface area (Å²) in [6.45, 7) is 6.36. The van der Waals surface area contributed by atoms with Gasteiger partial charge < -0.3 is 14.2 Å². The van der Waals surface area contributed by atoms with Crippen LogP contribution < -0.4 is 0 Å². The maximum atomic E-state index is 12.8. The van der Waals surface area contributed by atoms with Gasteiger partial charge in [-0.2, -0.15) is 0 Å². The van der Waals surface area contributed by atoms with Crippen LogP contribution in [0.5, 0.6) is 0 Å². The highest BCUT2D eigenvalue weighted by Gasteiger charge is 2.19. The highest BCUT2D eigenvalue weighted by atomic mass is 16.6. The summed E-state index contributed by atoms with van der Waals surface area (Å²) in [6.07, 6.45) is 71.9. The molecule has 0 aliphatic carbocycles. The Hall–Kier alpha value is -4.19. The maximum absolute atomic E-state index is 12.8. The van der Waals surface area contributed by atoms with Crippen molar-refractivity contribution in [1.82, 2.24) is 0 Å². The van der Waals surface area contributed by atoms with Gasteiger partial charge in [-0.1, -0.05) is 194 Å². The fourth-order valence-corrected chi connectivity index (χ4v) is 6.52. The number of hydrogen-bond donors (Lipinski definition) is 0. The van der Waals surface area contributed by atoms with Crippen molar-refractivity contribution in [3.8, 4) is 0 Å². The number of ether oxygens (including phenoxy) is 3. The van der Waals surface area contributed by atoms with Gasteiger partial charge in [0.2, 0.25) is 0 Å². The standard InChI is InChI=1S/C59H94O6/c1-4-7-10-13-16-19-22-25-27-29-31-34-37-40-43-46-49-52-58(61)64-55-56(54-63-57(60)51-48-45-42-39-36-33-24-21-18-15-12-9-6-3)65-59(62)53-50-47-44-41-38-35-32-30-28-26-23-20-17-14-11-8-5-2/h7,10,16-17,19-21,24-28,31-32,34-35,40-41,43-44,56H,4-6,8-9,11-15,18,22-23,29-30,33,36-39,42,45-55H2,1-3H3/b10-7+,19-16+,20-17+,24-21+,27-25+,28-26+,34-31+,35-32+,43-40+,44-41+/t56-/m1/s1. The lowest BCUT2D eigenvalue weighted by atomic mass is 10.1. The summed E-state index contributed by atoms with van der Waals surface area (Å²) >= 11 is 0. The Morgan fingerprint density at radius 1 is 0.323 bits per heavy atom. The van der Waals surface area contributed by atoms with E-state index in [1.54, 1.807) is 0 Å². The molecule has 0 aromatic rings. The lowest BCUT2D eigenvalue weighted by Gasteiger charge is -2.18. The fourth-order valence-electron chi connectivity index (χ4n) is 6.52. The summed E-state index contributed by atoms with van der Waals surface area (Å²) in [5, 5.41) is 0. The second kappa shape index (κ2) is 52.4. The lowest BCUT2D eigenvalue weighted by Crippen LogP contribution is -2.30. The van der Waals surface area contributed by atoms with E-state index in [-0.39, 0.29) is 44.0 Å². The fraction of sp³-hybridized carbons (Fsp3) is 0.610. The molecule has 0 unspecified atom stereocenters. The molecule has 0 saturated carbocycles. The molecule has 366 valence electrons. The molecule has 0 saturated heterocycles. The number of carbonyl (C=O) groups excluding carboxylic acids is 3. The van der Waals surface area contributed by atoms with Crippen LogP contribution in [0.4, 0.5) is 0 Å². The van der Waals surface area contributed by atoms with E-state index in [9.17, 15) is 14.4 Å². The number of esters is 3. The van der Waals surface area contributed by atoms with Gasteiger partial charge in [-0.25, -0.2) is 0 Å². The molecule has 0 heterocycles. The second-order valence-corrected chi connectivity index (χ2v) is 16.7. The largest absolute Gasteiger partial charge is 0.462 e. The molecule has 0 amide bonds. The van der Waals surface area contributed by atoms with Crippen molar-refractivity contribution in [1.29, 1.82) is 0 Å². The Kier molecular flexibility index (Phi) is 49.1. The van der Waals surface area contributed by atoms with Gasteiger partial charge in [-0.05, 0) is 122 Å². The normalized spacial score (nSPS) is 13.1. The van der Waals surface area contributed by atoms with Crippen molar-refractivity contribution in [2.75, 3.05) is 13.2 Å². The van der Waals surface area contributed by atoms with E-state index < -0.39 is 6.10 Å². The first-order chi connectivity index (χ1) is 32.0. The third kappa shape index (κ3) is 50.7. The Morgan fingerprint density at radius 3 is 1.05 bits per heavy atom. The van der Waals surface area contributed by atoms with E-state index >= 15 is 0 Å². The average Bonchev–Trinajstić information content (AvgIpc) is 3.30. The summed E-state index contributed by atoms with van der Waals surface area (Å²) in [5.41, 5.74) is 0. The zero-order valence-corrected chi connectivity index (χ0v) is 41.7. The van der Waals surface area contributed by atoms with Gasteiger partial charge in [0, 0.05) is 19.3 Å². The van der Waals surface area contributed by atoms with Crippen LogP contribution in [0.3, 0.4) is 0 Å². The third-order valence-electron chi connectivity index (χ3n) is 10.4. The van der Waals surface area contributed by atoms with Crippen molar-refractivity contribution >= 4 is 17.9 Å². The molecule has 0 N–H and O–H groups in total. The minimum Gasteiger partial charge on any atom is -0.462 e. The van der Waals surface area contributed by atoms with Crippen molar-refractivity contribution in [2.45, 2.75) is 219 Å². The van der Waals surface area contributed by atoms with Crippen LogP contribution in [0.2, 0.25) is 0 Å². The number of allylic oxidation sites excluding steroid dienone is 20. The van der Waals surface area contributed by atoms with Crippen LogP contribution >= 0.6 is 0 Å². The molecular formula is C59H94O6. The number of carbonyl (C=O) groups is 3. The summed E-state index contributed by atoms with van der Waals surface area (Å²) in [7, 11) is 0. The van der Waals surface area contributed by atoms with E-state index in [2.05, 4.69) is 142 Å². The van der Waals surface area contributed by atoms with Gasteiger partial charge in [0.15, 0.2) is 6.10 Å². The predicted octanol–water partition coefficient (Wildman–Crippen LogP) is 17.3. The highest BCUT2D eigenvalue weighted by Crippen LogP contribution is 2.11. The van der Waals surface area contributed by atoms with Gasteiger partial charge in [-0.3, -0.25) is 14.4 Å². The molecule has 0 aromatic carbocycles. The molecule has 0 rings (SSSR count). The molecule has 6 heteroatoms. The monoisotopic (exact) mass is 899 g/mol. The van der Waals surface area contributed by atoms with Crippen LogP contribution in [0.25, 0.3) is 0 Å². The summed E-state index contributed by atoms with van der Waals surface area (Å²) in [5.74, 6) is -1.06. The minimum atomic E-state index is -0.836. The molecule has 6 nitrogen and oxygen atoms in total. The van der Waals surface area contributed by atoms with Crippen LogP contribution in [-0.4, -0.2) is 37.2 Å². The zero-order chi connectivity index (χ0) is 47.2. The van der Waals surface area contributed by atoms with E-state index in [0.29, 0.717) is 19.3 Å². The molecule has 0 aliphatic rings. The molecule has 0 radical (unpaired) electrons. The quantitative estimate of drug-likeness (QED) is 0.0262. The SMILES string of the molecule is CC/C=C/C/C=C/C/C=C/C/C=C/C/C=C/CCCC(=O)OC[C@@H](COC(=O)CCCCCCC/C=C/CCCCCC)OC(=O)CCC/C=C/C/C=C/C/C=C/C/C=C/CCCCC. The van der Waals surface area contributed by atoms with E-state index in [1.807, 2.05) is 0 Å². The number of rotatable bonds is 45. The van der Waals surface area contributed by atoms with Gasteiger partial charge in [-0.15, -0.1) is 0 Å². The molecule has 65 heavy (non-hydrogen) atoms. The maximum Gasteiger partial charge on any atom is 0.306 e. The van der Waals surface area contributed by atoms with Crippen LogP contribution in [0, 0.1) is 0 Å². The molecule has 1 atom stereocenters. The smallest absolute Gasteiger partial charge is 0.306 e. The Morgan fingerprint density at radius 2 is 0.615 bits per heavy atom. The highest BCUT2D eigenvalue weighted by molar-refractivity contribution is 5.71. The molecule has 0 fully saturated rings. The number of hydrogen-bond acceptors (Lipinski definition) is 6. The van der Waals surface area contributed by atoms with Crippen molar-refractivity contribution in [3.63, 3.8) is 0 Å². The third-order valence-corrected chi connectivity index (χ3v) is 10.4. The molecule has 0 aliphatic heterocycles. The predicted molar refractivity (Wildman–Crippen MR) is 279 cm³/mol. The van der Waals surface area contributed by atoms with E-state index in [0.717, 1.165) is 96.3 Å². The molecule has 0 spiro atoms. The lowest BCUT2D eigenvalue weighted by molar-refractivity contribution is -0.167. The van der Waals surface area contributed by atoms with Crippen LogP contribution in [0.1, 0.15) is 213 Å². The topological polar surface area (TPSA) is 78.9 Å². The molecule has 0 aromatic heterocycles. The van der Waals surface area contributed by atoms with Crippen LogP contribution in [-0.2, 0) is 28.6 Å². The zero-order valence-electron chi connectivity index (χ0n) is 41.7. The minimum absolute atomic E-state index is 0.125. The first-order valence-electron chi connectivity index (χ1n) is 26.0. The Labute approximate surface area is 399 Å². The van der Waals surface area contributed by atoms with Crippen molar-refractivity contribution < 1.29 is 28.6 Å². The summed E-state index contributed by atoms with van der Waals surface area (Å²) < 4.78 is 16.7. The Bertz CT molecular complexity index is 1400.